The van der Waals surface area contributed by atoms with Crippen molar-refractivity contribution in [1.82, 2.24) is 9.80 Å². The largest absolute Gasteiger partial charge is 0.379 e. The van der Waals surface area contributed by atoms with Crippen molar-refractivity contribution < 1.29 is 14.3 Å². The summed E-state index contributed by atoms with van der Waals surface area (Å²) in [6.07, 6.45) is 0. The first-order valence-electron chi connectivity index (χ1n) is 6.88. The van der Waals surface area contributed by atoms with Gasteiger partial charge in [0, 0.05) is 18.5 Å². The number of carbonyl (C=O) groups excluding carboxylic acids is 2. The van der Waals surface area contributed by atoms with Crippen LogP contribution >= 0.6 is 0 Å². The molecule has 2 fully saturated rings. The van der Waals surface area contributed by atoms with E-state index in [1.165, 1.54) is 0 Å². The minimum Gasteiger partial charge on any atom is -0.379 e. The molecular formula is C14H18N4O3. The maximum absolute atomic E-state index is 12.4. The van der Waals surface area contributed by atoms with E-state index in [0.29, 0.717) is 26.3 Å². The number of rotatable bonds is 2. The van der Waals surface area contributed by atoms with Gasteiger partial charge in [-0.2, -0.15) is 10.5 Å². The first-order valence-corrected chi connectivity index (χ1v) is 6.88. The number of piperidine rings is 1. The van der Waals surface area contributed by atoms with Gasteiger partial charge in [0.1, 0.15) is 11.8 Å². The van der Waals surface area contributed by atoms with Crippen LogP contribution in [-0.2, 0) is 14.3 Å². The molecule has 2 saturated heterocycles. The summed E-state index contributed by atoms with van der Waals surface area (Å²) in [7, 11) is 0. The Morgan fingerprint density at radius 1 is 1.14 bits per heavy atom. The van der Waals surface area contributed by atoms with Crippen LogP contribution in [0.25, 0.3) is 0 Å². The SMILES string of the molecule is CC1(C)C(C#N)C(=O)N(CN2CCOCC2)C(=O)C1C#N. The summed E-state index contributed by atoms with van der Waals surface area (Å²) >= 11 is 0. The summed E-state index contributed by atoms with van der Waals surface area (Å²) in [6, 6.07) is 3.92. The van der Waals surface area contributed by atoms with Crippen molar-refractivity contribution in [2.75, 3.05) is 33.0 Å². The number of likely N-dealkylation sites (tertiary alicyclic amines) is 1. The standard InChI is InChI=1S/C14H18N4O3/c1-14(2)10(7-15)12(19)18(13(20)11(14)8-16)9-17-3-5-21-6-4-17/h10-11H,3-6,9H2,1-2H3. The lowest BCUT2D eigenvalue weighted by molar-refractivity contribution is -0.163. The summed E-state index contributed by atoms with van der Waals surface area (Å²) in [5.41, 5.74) is -0.973. The third kappa shape index (κ3) is 2.63. The van der Waals surface area contributed by atoms with Gasteiger partial charge in [-0.25, -0.2) is 0 Å². The maximum Gasteiger partial charge on any atom is 0.248 e. The van der Waals surface area contributed by atoms with Crippen LogP contribution in [-0.4, -0.2) is 54.6 Å². The highest BCUT2D eigenvalue weighted by molar-refractivity contribution is 6.03. The van der Waals surface area contributed by atoms with E-state index in [9.17, 15) is 20.1 Å². The molecule has 2 aliphatic heterocycles. The van der Waals surface area contributed by atoms with Crippen molar-refractivity contribution in [1.29, 1.82) is 10.5 Å². The molecule has 2 aliphatic rings. The Hall–Kier alpha value is -1.96. The van der Waals surface area contributed by atoms with Gasteiger partial charge in [0.15, 0.2) is 0 Å². The van der Waals surface area contributed by atoms with Crippen LogP contribution in [0.3, 0.4) is 0 Å². The predicted octanol–water partition coefficient (Wildman–Crippen LogP) is -0.0493. The highest BCUT2D eigenvalue weighted by atomic mass is 16.5. The van der Waals surface area contributed by atoms with Gasteiger partial charge in [-0.1, -0.05) is 13.8 Å². The Bertz CT molecular complexity index is 489. The molecule has 7 nitrogen and oxygen atoms in total. The molecule has 2 unspecified atom stereocenters. The molecule has 0 radical (unpaired) electrons. The normalized spacial score (nSPS) is 29.8. The Morgan fingerprint density at radius 3 is 2.05 bits per heavy atom. The molecule has 0 aromatic rings. The van der Waals surface area contributed by atoms with E-state index in [1.54, 1.807) is 13.8 Å². The van der Waals surface area contributed by atoms with Gasteiger partial charge < -0.3 is 4.74 Å². The summed E-state index contributed by atoms with van der Waals surface area (Å²) in [6.45, 7) is 5.70. The fraction of sp³-hybridized carbons (Fsp3) is 0.714. The molecule has 2 atom stereocenters. The topological polar surface area (TPSA) is 97.4 Å². The van der Waals surface area contributed by atoms with E-state index in [0.717, 1.165) is 4.90 Å². The molecule has 2 heterocycles. The van der Waals surface area contributed by atoms with Gasteiger partial charge >= 0.3 is 0 Å². The van der Waals surface area contributed by atoms with E-state index in [2.05, 4.69) is 0 Å². The van der Waals surface area contributed by atoms with Crippen molar-refractivity contribution in [2.45, 2.75) is 13.8 Å². The van der Waals surface area contributed by atoms with Crippen LogP contribution in [0.4, 0.5) is 0 Å². The Labute approximate surface area is 123 Å². The van der Waals surface area contributed by atoms with Gasteiger partial charge in [-0.05, 0) is 0 Å². The molecule has 0 spiro atoms. The second-order valence-corrected chi connectivity index (χ2v) is 5.92. The third-order valence-corrected chi connectivity index (χ3v) is 4.22. The number of nitrogens with zero attached hydrogens (tertiary/aromatic N) is 4. The highest BCUT2D eigenvalue weighted by Crippen LogP contribution is 2.41. The number of amides is 2. The third-order valence-electron chi connectivity index (χ3n) is 4.22. The number of carbonyl (C=O) groups is 2. The van der Waals surface area contributed by atoms with E-state index in [1.807, 2.05) is 17.0 Å². The fourth-order valence-electron chi connectivity index (χ4n) is 2.75. The second kappa shape index (κ2) is 5.80. The van der Waals surface area contributed by atoms with Crippen molar-refractivity contribution in [3.8, 4) is 12.1 Å². The second-order valence-electron chi connectivity index (χ2n) is 5.92. The molecular weight excluding hydrogens is 272 g/mol. The molecule has 0 aromatic carbocycles. The first-order chi connectivity index (χ1) is 9.93. The van der Waals surface area contributed by atoms with Gasteiger partial charge in [-0.15, -0.1) is 0 Å². The zero-order valence-corrected chi connectivity index (χ0v) is 12.2. The molecule has 2 rings (SSSR count). The van der Waals surface area contributed by atoms with Gasteiger partial charge in [0.05, 0.1) is 32.0 Å². The summed E-state index contributed by atoms with van der Waals surface area (Å²) in [5, 5.41) is 18.5. The minimum atomic E-state index is -0.985. The smallest absolute Gasteiger partial charge is 0.248 e. The highest BCUT2D eigenvalue weighted by Gasteiger charge is 2.54. The lowest BCUT2D eigenvalue weighted by atomic mass is 9.66. The van der Waals surface area contributed by atoms with Crippen molar-refractivity contribution >= 4 is 11.8 Å². The number of hydrogen-bond donors (Lipinski definition) is 0. The number of hydrogen-bond acceptors (Lipinski definition) is 6. The molecule has 0 bridgehead atoms. The number of morpholine rings is 1. The van der Waals surface area contributed by atoms with E-state index in [4.69, 9.17) is 4.74 Å². The van der Waals surface area contributed by atoms with Crippen LogP contribution in [0.1, 0.15) is 13.8 Å². The molecule has 0 saturated carbocycles. The lowest BCUT2D eigenvalue weighted by Gasteiger charge is -2.43. The van der Waals surface area contributed by atoms with Crippen LogP contribution in [0.15, 0.2) is 0 Å². The average Bonchev–Trinajstić information content (AvgIpc) is 2.45. The van der Waals surface area contributed by atoms with Gasteiger partial charge in [0.2, 0.25) is 11.8 Å². The minimum absolute atomic E-state index is 0.119. The van der Waals surface area contributed by atoms with Gasteiger partial charge in [0.25, 0.3) is 0 Å². The molecule has 0 N–H and O–H groups in total. The molecule has 7 heteroatoms. The first kappa shape index (κ1) is 15.4. The monoisotopic (exact) mass is 290 g/mol. The number of ether oxygens (including phenoxy) is 1. The van der Waals surface area contributed by atoms with Crippen molar-refractivity contribution in [3.05, 3.63) is 0 Å². The number of imide groups is 1. The zero-order valence-electron chi connectivity index (χ0n) is 12.2. The Kier molecular flexibility index (Phi) is 4.26. The maximum atomic E-state index is 12.4. The van der Waals surface area contributed by atoms with E-state index < -0.39 is 29.1 Å². The quantitative estimate of drug-likeness (QED) is 0.661. The Morgan fingerprint density at radius 2 is 1.62 bits per heavy atom. The van der Waals surface area contributed by atoms with Crippen LogP contribution < -0.4 is 0 Å². The summed E-state index contributed by atoms with van der Waals surface area (Å²) < 4.78 is 5.23. The Balaban J connectivity index is 2.25. The van der Waals surface area contributed by atoms with E-state index >= 15 is 0 Å². The molecule has 0 aromatic heterocycles. The van der Waals surface area contributed by atoms with Crippen LogP contribution in [0.2, 0.25) is 0 Å². The molecule has 21 heavy (non-hydrogen) atoms. The molecule has 2 amide bonds. The molecule has 112 valence electrons. The average molecular weight is 290 g/mol. The number of nitriles is 2. The predicted molar refractivity (Wildman–Crippen MR) is 71.1 cm³/mol. The summed E-state index contributed by atoms with van der Waals surface area (Å²) in [5.74, 6) is -2.99. The van der Waals surface area contributed by atoms with Crippen molar-refractivity contribution in [3.63, 3.8) is 0 Å². The molecule has 0 aliphatic carbocycles. The van der Waals surface area contributed by atoms with E-state index in [-0.39, 0.29) is 6.67 Å². The summed E-state index contributed by atoms with van der Waals surface area (Å²) in [4.78, 5) is 27.8. The lowest BCUT2D eigenvalue weighted by Crippen LogP contribution is -2.60. The zero-order chi connectivity index (χ0) is 15.6. The van der Waals surface area contributed by atoms with Crippen molar-refractivity contribution in [2.24, 2.45) is 17.3 Å². The fourth-order valence-corrected chi connectivity index (χ4v) is 2.75. The van der Waals surface area contributed by atoms with Gasteiger partial charge in [-0.3, -0.25) is 19.4 Å². The van der Waals surface area contributed by atoms with Crippen LogP contribution in [0.5, 0.6) is 0 Å². The van der Waals surface area contributed by atoms with Crippen LogP contribution in [0, 0.1) is 39.9 Å².